The molecule has 42 heavy (non-hydrogen) atoms. The van der Waals surface area contributed by atoms with Crippen molar-refractivity contribution in [2.75, 3.05) is 55.7 Å². The van der Waals surface area contributed by atoms with Crippen LogP contribution in [-0.4, -0.2) is 89.3 Å². The van der Waals surface area contributed by atoms with E-state index >= 15 is 0 Å². The van der Waals surface area contributed by atoms with E-state index in [0.717, 1.165) is 0 Å². The zero-order valence-corrected chi connectivity index (χ0v) is 23.6. The van der Waals surface area contributed by atoms with E-state index in [1.54, 1.807) is 31.7 Å². The van der Waals surface area contributed by atoms with Crippen LogP contribution in [0.1, 0.15) is 25.1 Å². The highest BCUT2D eigenvalue weighted by Gasteiger charge is 2.43. The molecule has 1 unspecified atom stereocenters. The fourth-order valence-corrected chi connectivity index (χ4v) is 4.97. The SMILES string of the molecule is CCN(CC)C(COc1cc(Cl)cc(N2CCN(c3ncnc4[nH]nc(C(F)(F)F)c34)CC2)c1C)OC(=O)C(F)(F)F. The van der Waals surface area contributed by atoms with Crippen LogP contribution in [0.15, 0.2) is 18.5 Å². The quantitative estimate of drug-likeness (QED) is 0.204. The second kappa shape index (κ2) is 12.4. The first-order valence-corrected chi connectivity index (χ1v) is 13.3. The number of hydrogen-bond acceptors (Lipinski definition) is 9. The maximum absolute atomic E-state index is 13.5. The molecular formula is C25H28ClF6N7O3. The average Bonchev–Trinajstić information content (AvgIpc) is 3.38. The lowest BCUT2D eigenvalue weighted by atomic mass is 10.1. The molecule has 3 heterocycles. The Balaban J connectivity index is 1.51. The predicted octanol–water partition coefficient (Wildman–Crippen LogP) is 4.81. The summed E-state index contributed by atoms with van der Waals surface area (Å²) in [6.45, 7) is 6.80. The van der Waals surface area contributed by atoms with Crippen LogP contribution >= 0.6 is 11.6 Å². The lowest BCUT2D eigenvalue weighted by Gasteiger charge is -2.38. The molecule has 1 fully saturated rings. The number of fused-ring (bicyclic) bond motifs is 1. The van der Waals surface area contributed by atoms with E-state index in [2.05, 4.69) is 20.2 Å². The Bertz CT molecular complexity index is 1410. The number of halogens is 7. The molecule has 3 aromatic rings. The first-order valence-electron chi connectivity index (χ1n) is 13.0. The third-order valence-electron chi connectivity index (χ3n) is 6.90. The van der Waals surface area contributed by atoms with Crippen molar-refractivity contribution in [3.05, 3.63) is 34.7 Å². The number of rotatable bonds is 9. The van der Waals surface area contributed by atoms with Crippen LogP contribution in [-0.2, 0) is 15.7 Å². The highest BCUT2D eigenvalue weighted by atomic mass is 35.5. The molecule has 0 amide bonds. The van der Waals surface area contributed by atoms with Gasteiger partial charge in [-0.3, -0.25) is 10.00 Å². The normalized spacial score (nSPS) is 15.4. The van der Waals surface area contributed by atoms with Gasteiger partial charge < -0.3 is 19.3 Å². The fraction of sp³-hybridized carbons (Fsp3) is 0.520. The van der Waals surface area contributed by atoms with Crippen LogP contribution in [0.4, 0.5) is 37.8 Å². The van der Waals surface area contributed by atoms with Crippen molar-refractivity contribution in [2.45, 2.75) is 39.4 Å². The summed E-state index contributed by atoms with van der Waals surface area (Å²) in [6.07, 6.45) is -9.97. The van der Waals surface area contributed by atoms with Crippen LogP contribution in [0.3, 0.4) is 0 Å². The number of esters is 1. The number of likely N-dealkylation sites (N-methyl/N-ethyl adjacent to an activating group) is 1. The van der Waals surface area contributed by atoms with E-state index in [4.69, 9.17) is 21.1 Å². The lowest BCUT2D eigenvalue weighted by molar-refractivity contribution is -0.214. The first-order chi connectivity index (χ1) is 19.7. The number of ether oxygens (including phenoxy) is 2. The van der Waals surface area contributed by atoms with E-state index in [-0.39, 0.29) is 29.2 Å². The molecule has 17 heteroatoms. The van der Waals surface area contributed by atoms with E-state index in [0.29, 0.717) is 55.5 Å². The number of aromatic amines is 1. The molecule has 1 aliphatic rings. The van der Waals surface area contributed by atoms with Crippen molar-refractivity contribution in [1.29, 1.82) is 0 Å². The highest BCUT2D eigenvalue weighted by molar-refractivity contribution is 6.31. The molecule has 1 N–H and O–H groups in total. The summed E-state index contributed by atoms with van der Waals surface area (Å²) in [5, 5.41) is 5.79. The van der Waals surface area contributed by atoms with Crippen molar-refractivity contribution >= 4 is 40.1 Å². The molecular weight excluding hydrogens is 596 g/mol. The fourth-order valence-electron chi connectivity index (χ4n) is 4.76. The molecule has 1 aromatic carbocycles. The van der Waals surface area contributed by atoms with Crippen LogP contribution in [0, 0.1) is 6.92 Å². The Morgan fingerprint density at radius 1 is 1.07 bits per heavy atom. The van der Waals surface area contributed by atoms with E-state index < -0.39 is 30.2 Å². The summed E-state index contributed by atoms with van der Waals surface area (Å²) in [5.41, 5.74) is 0.195. The van der Waals surface area contributed by atoms with Crippen molar-refractivity contribution in [2.24, 2.45) is 0 Å². The molecule has 1 aliphatic heterocycles. The summed E-state index contributed by atoms with van der Waals surface area (Å²) >= 11 is 6.36. The van der Waals surface area contributed by atoms with Crippen molar-refractivity contribution < 1.29 is 40.6 Å². The average molecular weight is 624 g/mol. The van der Waals surface area contributed by atoms with E-state index in [1.165, 1.54) is 17.3 Å². The van der Waals surface area contributed by atoms with Gasteiger partial charge in [-0.25, -0.2) is 14.8 Å². The summed E-state index contributed by atoms with van der Waals surface area (Å²) < 4.78 is 89.8. The zero-order valence-electron chi connectivity index (χ0n) is 22.8. The number of hydrogen-bond donors (Lipinski definition) is 1. The molecule has 0 spiro atoms. The molecule has 2 aromatic heterocycles. The summed E-state index contributed by atoms with van der Waals surface area (Å²) in [5.74, 6) is -1.92. The second-order valence-electron chi connectivity index (χ2n) is 9.40. The maximum atomic E-state index is 13.5. The summed E-state index contributed by atoms with van der Waals surface area (Å²) in [7, 11) is 0. The van der Waals surface area contributed by atoms with E-state index in [1.807, 2.05) is 4.90 Å². The largest absolute Gasteiger partial charge is 0.490 e. The predicted molar refractivity (Wildman–Crippen MR) is 142 cm³/mol. The number of H-pyrrole nitrogens is 1. The number of nitrogens with one attached hydrogen (secondary N) is 1. The molecule has 0 radical (unpaired) electrons. The minimum atomic E-state index is -5.16. The van der Waals surface area contributed by atoms with Gasteiger partial charge in [0.25, 0.3) is 0 Å². The Morgan fingerprint density at radius 3 is 2.31 bits per heavy atom. The van der Waals surface area contributed by atoms with Gasteiger partial charge in [-0.15, -0.1) is 0 Å². The summed E-state index contributed by atoms with van der Waals surface area (Å²) in [6, 6.07) is 3.21. The van der Waals surface area contributed by atoms with E-state index in [9.17, 15) is 31.1 Å². The molecule has 0 bridgehead atoms. The van der Waals surface area contributed by atoms with Gasteiger partial charge in [-0.1, -0.05) is 25.4 Å². The van der Waals surface area contributed by atoms with Crippen LogP contribution in [0.2, 0.25) is 5.02 Å². The third kappa shape index (κ3) is 6.75. The number of benzene rings is 1. The standard InChI is InChI=1S/C25H28ClF6N7O3/c1-4-37(5-2)18(42-23(40)25(30,31)32)12-41-17-11-15(26)10-16(14(17)3)38-6-8-39(9-7-38)22-19-20(24(27,28)29)35-36-21(19)33-13-34-22/h10-11,13,18H,4-9,12H2,1-3H3,(H,33,34,35,36). The van der Waals surface area contributed by atoms with Crippen LogP contribution < -0.4 is 14.5 Å². The van der Waals surface area contributed by atoms with Gasteiger partial charge in [0.15, 0.2) is 17.6 Å². The highest BCUT2D eigenvalue weighted by Crippen LogP contribution is 2.38. The van der Waals surface area contributed by atoms with Gasteiger partial charge in [0.2, 0.25) is 0 Å². The van der Waals surface area contributed by atoms with Crippen molar-refractivity contribution in [1.82, 2.24) is 25.1 Å². The number of piperazine rings is 1. The first kappa shape index (κ1) is 31.4. The smallest absolute Gasteiger partial charge is 0.488 e. The minimum Gasteiger partial charge on any atom is -0.488 e. The summed E-state index contributed by atoms with van der Waals surface area (Å²) in [4.78, 5) is 24.7. The Morgan fingerprint density at radius 2 is 1.71 bits per heavy atom. The van der Waals surface area contributed by atoms with Crippen LogP contribution in [0.25, 0.3) is 11.0 Å². The number of carbonyl (C=O) groups is 1. The number of carbonyl (C=O) groups excluding carboxylic acids is 1. The topological polar surface area (TPSA) is 99.7 Å². The molecule has 0 aliphatic carbocycles. The van der Waals surface area contributed by atoms with Crippen LogP contribution in [0.5, 0.6) is 5.75 Å². The third-order valence-corrected chi connectivity index (χ3v) is 7.12. The molecule has 230 valence electrons. The molecule has 0 saturated carbocycles. The Kier molecular flexibility index (Phi) is 9.25. The molecule has 1 saturated heterocycles. The van der Waals surface area contributed by atoms with Gasteiger partial charge in [0.1, 0.15) is 24.5 Å². The monoisotopic (exact) mass is 623 g/mol. The Hall–Kier alpha value is -3.53. The van der Waals surface area contributed by atoms with Gasteiger partial charge in [0, 0.05) is 42.5 Å². The molecule has 10 nitrogen and oxygen atoms in total. The minimum absolute atomic E-state index is 0.0221. The lowest BCUT2D eigenvalue weighted by Crippen LogP contribution is -2.47. The van der Waals surface area contributed by atoms with Crippen molar-refractivity contribution in [3.8, 4) is 5.75 Å². The van der Waals surface area contributed by atoms with Gasteiger partial charge in [-0.2, -0.15) is 31.4 Å². The number of nitrogens with zero attached hydrogens (tertiary/aromatic N) is 6. The van der Waals surface area contributed by atoms with Gasteiger partial charge >= 0.3 is 18.3 Å². The number of aromatic nitrogens is 4. The van der Waals surface area contributed by atoms with Gasteiger partial charge in [-0.05, 0) is 32.1 Å². The second-order valence-corrected chi connectivity index (χ2v) is 9.84. The van der Waals surface area contributed by atoms with Crippen molar-refractivity contribution in [3.63, 3.8) is 0 Å². The molecule has 1 atom stereocenters. The maximum Gasteiger partial charge on any atom is 0.490 e. The number of alkyl halides is 6. The Labute approximate surface area is 241 Å². The zero-order chi connectivity index (χ0) is 30.8. The number of anilines is 2. The molecule has 4 rings (SSSR count). The van der Waals surface area contributed by atoms with Gasteiger partial charge in [0.05, 0.1) is 5.39 Å².